The van der Waals surface area contributed by atoms with Crippen molar-refractivity contribution >= 4 is 5.91 Å². The predicted octanol–water partition coefficient (Wildman–Crippen LogP) is 1.93. The minimum absolute atomic E-state index is 0.0963. The number of likely N-dealkylation sites (tertiary alicyclic amines) is 1. The van der Waals surface area contributed by atoms with E-state index < -0.39 is 0 Å². The number of hydrogen-bond donors (Lipinski definition) is 1. The Morgan fingerprint density at radius 3 is 2.55 bits per heavy atom. The Morgan fingerprint density at radius 1 is 1.30 bits per heavy atom. The summed E-state index contributed by atoms with van der Waals surface area (Å²) in [6.45, 7) is 1.99. The van der Waals surface area contributed by atoms with E-state index in [0.717, 1.165) is 32.4 Å². The second kappa shape index (κ2) is 7.24. The zero-order chi connectivity index (χ0) is 14.4. The summed E-state index contributed by atoms with van der Waals surface area (Å²) in [7, 11) is 0. The lowest BCUT2D eigenvalue weighted by molar-refractivity contribution is -0.133. The summed E-state index contributed by atoms with van der Waals surface area (Å²) >= 11 is 0. The molecule has 110 valence electrons. The number of amides is 1. The van der Waals surface area contributed by atoms with Crippen molar-refractivity contribution in [3.8, 4) is 5.75 Å². The zero-order valence-electron chi connectivity index (χ0n) is 11.6. The largest absolute Gasteiger partial charge is 0.490 e. The summed E-state index contributed by atoms with van der Waals surface area (Å²) in [5, 5.41) is 0. The Kier molecular flexibility index (Phi) is 5.35. The van der Waals surface area contributed by atoms with E-state index in [1.165, 1.54) is 12.1 Å². The van der Waals surface area contributed by atoms with Crippen LogP contribution in [0.2, 0.25) is 0 Å². The molecule has 4 nitrogen and oxygen atoms in total. The molecule has 1 amide bonds. The van der Waals surface area contributed by atoms with E-state index in [0.29, 0.717) is 18.7 Å². The molecule has 0 aromatic heterocycles. The van der Waals surface area contributed by atoms with E-state index in [4.69, 9.17) is 10.5 Å². The molecule has 0 radical (unpaired) electrons. The van der Waals surface area contributed by atoms with Gasteiger partial charge in [0, 0.05) is 32.4 Å². The van der Waals surface area contributed by atoms with E-state index in [1.807, 2.05) is 4.90 Å². The van der Waals surface area contributed by atoms with Gasteiger partial charge >= 0.3 is 0 Å². The van der Waals surface area contributed by atoms with Crippen LogP contribution < -0.4 is 10.5 Å². The number of carbonyl (C=O) groups excluding carboxylic acids is 1. The van der Waals surface area contributed by atoms with Crippen LogP contribution in [0.1, 0.15) is 25.7 Å². The SMILES string of the molecule is NCCCC(=O)N1CCC(Oc2ccc(F)cc2)CC1. The van der Waals surface area contributed by atoms with Gasteiger partial charge in [0.25, 0.3) is 0 Å². The smallest absolute Gasteiger partial charge is 0.222 e. The van der Waals surface area contributed by atoms with Crippen LogP contribution in [-0.4, -0.2) is 36.5 Å². The molecule has 0 bridgehead atoms. The molecular formula is C15H21FN2O2. The maximum Gasteiger partial charge on any atom is 0.222 e. The van der Waals surface area contributed by atoms with Gasteiger partial charge in [-0.2, -0.15) is 0 Å². The van der Waals surface area contributed by atoms with Crippen LogP contribution >= 0.6 is 0 Å². The number of nitrogens with zero attached hydrogens (tertiary/aromatic N) is 1. The standard InChI is InChI=1S/C15H21FN2O2/c16-12-3-5-13(6-4-12)20-14-7-10-18(11-8-14)15(19)2-1-9-17/h3-6,14H,1-2,7-11,17H2. The number of halogens is 1. The lowest BCUT2D eigenvalue weighted by Crippen LogP contribution is -2.41. The summed E-state index contributed by atoms with van der Waals surface area (Å²) in [6, 6.07) is 6.05. The molecule has 1 fully saturated rings. The van der Waals surface area contributed by atoms with Gasteiger partial charge in [-0.3, -0.25) is 4.79 Å². The van der Waals surface area contributed by atoms with Crippen molar-refractivity contribution in [2.75, 3.05) is 19.6 Å². The third-order valence-corrected chi connectivity index (χ3v) is 3.51. The predicted molar refractivity (Wildman–Crippen MR) is 74.9 cm³/mol. The minimum Gasteiger partial charge on any atom is -0.490 e. The summed E-state index contributed by atoms with van der Waals surface area (Å²) < 4.78 is 18.6. The number of nitrogens with two attached hydrogens (primary N) is 1. The average molecular weight is 280 g/mol. The number of piperidine rings is 1. The third kappa shape index (κ3) is 4.20. The van der Waals surface area contributed by atoms with Gasteiger partial charge in [0.15, 0.2) is 0 Å². The fraction of sp³-hybridized carbons (Fsp3) is 0.533. The number of hydrogen-bond acceptors (Lipinski definition) is 3. The summed E-state index contributed by atoms with van der Waals surface area (Å²) in [5.41, 5.74) is 5.41. The van der Waals surface area contributed by atoms with Gasteiger partial charge in [-0.15, -0.1) is 0 Å². The minimum atomic E-state index is -0.266. The van der Waals surface area contributed by atoms with Gasteiger partial charge < -0.3 is 15.4 Å². The van der Waals surface area contributed by atoms with E-state index >= 15 is 0 Å². The summed E-state index contributed by atoms with van der Waals surface area (Å²) in [4.78, 5) is 13.7. The van der Waals surface area contributed by atoms with Gasteiger partial charge in [-0.25, -0.2) is 4.39 Å². The molecular weight excluding hydrogens is 259 g/mol. The van der Waals surface area contributed by atoms with Gasteiger partial charge in [0.1, 0.15) is 17.7 Å². The normalized spacial score (nSPS) is 16.2. The van der Waals surface area contributed by atoms with Crippen molar-refractivity contribution < 1.29 is 13.9 Å². The Balaban J connectivity index is 1.76. The number of benzene rings is 1. The van der Waals surface area contributed by atoms with Crippen LogP contribution in [0.5, 0.6) is 5.75 Å². The molecule has 1 aromatic rings. The van der Waals surface area contributed by atoms with E-state index in [1.54, 1.807) is 12.1 Å². The second-order valence-corrected chi connectivity index (χ2v) is 5.04. The molecule has 0 spiro atoms. The fourth-order valence-corrected chi connectivity index (χ4v) is 2.34. The first-order valence-corrected chi connectivity index (χ1v) is 7.09. The molecule has 2 rings (SSSR count). The monoisotopic (exact) mass is 280 g/mol. The summed E-state index contributed by atoms with van der Waals surface area (Å²) in [6.07, 6.45) is 2.99. The van der Waals surface area contributed by atoms with Crippen molar-refractivity contribution in [2.24, 2.45) is 5.73 Å². The molecule has 0 saturated carbocycles. The lowest BCUT2D eigenvalue weighted by Gasteiger charge is -2.32. The van der Waals surface area contributed by atoms with Crippen LogP contribution in [0.25, 0.3) is 0 Å². The second-order valence-electron chi connectivity index (χ2n) is 5.04. The molecule has 1 aliphatic rings. The molecule has 1 aliphatic heterocycles. The molecule has 5 heteroatoms. The van der Waals surface area contributed by atoms with E-state index in [9.17, 15) is 9.18 Å². The van der Waals surface area contributed by atoms with Gasteiger partial charge in [-0.05, 0) is 37.2 Å². The molecule has 1 saturated heterocycles. The lowest BCUT2D eigenvalue weighted by atomic mass is 10.1. The highest BCUT2D eigenvalue weighted by molar-refractivity contribution is 5.76. The summed E-state index contributed by atoms with van der Waals surface area (Å²) in [5.74, 6) is 0.590. The van der Waals surface area contributed by atoms with Crippen LogP contribution in [0, 0.1) is 5.82 Å². The maximum absolute atomic E-state index is 12.8. The van der Waals surface area contributed by atoms with Crippen molar-refractivity contribution in [3.05, 3.63) is 30.1 Å². The van der Waals surface area contributed by atoms with Crippen molar-refractivity contribution in [2.45, 2.75) is 31.8 Å². The van der Waals surface area contributed by atoms with Crippen LogP contribution in [0.15, 0.2) is 24.3 Å². The zero-order valence-corrected chi connectivity index (χ0v) is 11.6. The molecule has 2 N–H and O–H groups in total. The Morgan fingerprint density at radius 2 is 1.95 bits per heavy atom. The van der Waals surface area contributed by atoms with Gasteiger partial charge in [-0.1, -0.05) is 0 Å². The Bertz CT molecular complexity index is 428. The van der Waals surface area contributed by atoms with Crippen LogP contribution in [-0.2, 0) is 4.79 Å². The molecule has 1 aromatic carbocycles. The highest BCUT2D eigenvalue weighted by atomic mass is 19.1. The van der Waals surface area contributed by atoms with Crippen molar-refractivity contribution in [1.29, 1.82) is 0 Å². The first-order chi connectivity index (χ1) is 9.69. The Hall–Kier alpha value is -1.62. The highest BCUT2D eigenvalue weighted by Gasteiger charge is 2.23. The van der Waals surface area contributed by atoms with Gasteiger partial charge in [0.05, 0.1) is 0 Å². The van der Waals surface area contributed by atoms with Gasteiger partial charge in [0.2, 0.25) is 5.91 Å². The molecule has 0 unspecified atom stereocenters. The molecule has 20 heavy (non-hydrogen) atoms. The maximum atomic E-state index is 12.8. The topological polar surface area (TPSA) is 55.6 Å². The molecule has 0 aliphatic carbocycles. The average Bonchev–Trinajstić information content (AvgIpc) is 2.48. The quantitative estimate of drug-likeness (QED) is 0.896. The first kappa shape index (κ1) is 14.8. The molecule has 0 atom stereocenters. The Labute approximate surface area is 118 Å². The van der Waals surface area contributed by atoms with E-state index in [-0.39, 0.29) is 17.8 Å². The van der Waals surface area contributed by atoms with Crippen LogP contribution in [0.3, 0.4) is 0 Å². The number of ether oxygens (including phenoxy) is 1. The third-order valence-electron chi connectivity index (χ3n) is 3.51. The van der Waals surface area contributed by atoms with Crippen LogP contribution in [0.4, 0.5) is 4.39 Å². The number of carbonyl (C=O) groups is 1. The highest BCUT2D eigenvalue weighted by Crippen LogP contribution is 2.19. The van der Waals surface area contributed by atoms with Crippen molar-refractivity contribution in [1.82, 2.24) is 4.90 Å². The number of rotatable bonds is 5. The van der Waals surface area contributed by atoms with Crippen molar-refractivity contribution in [3.63, 3.8) is 0 Å². The first-order valence-electron chi connectivity index (χ1n) is 7.09. The van der Waals surface area contributed by atoms with E-state index in [2.05, 4.69) is 0 Å². The fourth-order valence-electron chi connectivity index (χ4n) is 2.34. The molecule has 1 heterocycles.